The first-order chi connectivity index (χ1) is 16.1. The van der Waals surface area contributed by atoms with E-state index in [1.54, 1.807) is 25.0 Å². The summed E-state index contributed by atoms with van der Waals surface area (Å²) in [6, 6.07) is 17.0. The molecule has 0 radical (unpaired) electrons. The van der Waals surface area contributed by atoms with Gasteiger partial charge in [-0.05, 0) is 49.1 Å². The molecule has 1 heterocycles. The first kappa shape index (κ1) is 22.4. The minimum atomic E-state index is -0.449. The maximum atomic E-state index is 12.5. The Labute approximate surface area is 192 Å². The van der Waals surface area contributed by atoms with Crippen molar-refractivity contribution in [1.29, 1.82) is 0 Å². The van der Waals surface area contributed by atoms with Crippen molar-refractivity contribution in [2.45, 2.75) is 31.6 Å². The van der Waals surface area contributed by atoms with Gasteiger partial charge >= 0.3 is 5.97 Å². The van der Waals surface area contributed by atoms with Crippen LogP contribution in [0.25, 0.3) is 5.69 Å². The number of anilines is 1. The van der Waals surface area contributed by atoms with E-state index in [1.165, 1.54) is 0 Å². The van der Waals surface area contributed by atoms with Crippen LogP contribution in [0.2, 0.25) is 0 Å². The Morgan fingerprint density at radius 3 is 2.48 bits per heavy atom. The number of benzene rings is 2. The summed E-state index contributed by atoms with van der Waals surface area (Å²) in [5.41, 5.74) is 2.72. The van der Waals surface area contributed by atoms with Crippen LogP contribution in [-0.2, 0) is 20.7 Å². The number of methoxy groups -OCH3 is 2. The Morgan fingerprint density at radius 2 is 1.79 bits per heavy atom. The van der Waals surface area contributed by atoms with Crippen molar-refractivity contribution in [2.24, 2.45) is 0 Å². The molecule has 33 heavy (non-hydrogen) atoms. The van der Waals surface area contributed by atoms with Crippen LogP contribution < -0.4 is 14.8 Å². The lowest BCUT2D eigenvalue weighted by Gasteiger charge is -2.10. The summed E-state index contributed by atoms with van der Waals surface area (Å²) in [5.74, 6) is 1.38. The summed E-state index contributed by atoms with van der Waals surface area (Å²) in [6.07, 6.45) is 2.83. The van der Waals surface area contributed by atoms with E-state index in [-0.39, 0.29) is 13.0 Å². The minimum absolute atomic E-state index is 0.149. The third-order valence-electron chi connectivity index (χ3n) is 5.42. The van der Waals surface area contributed by atoms with Gasteiger partial charge in [0.05, 0.1) is 25.6 Å². The number of amides is 1. The maximum absolute atomic E-state index is 12.5. The van der Waals surface area contributed by atoms with E-state index < -0.39 is 11.9 Å². The fourth-order valence-electron chi connectivity index (χ4n) is 3.51. The smallest absolute Gasteiger partial charge is 0.306 e. The SMILES string of the molecule is COc1ccc(CCC(=O)OCC(=O)Nc2cc(C3CC3)nn2-c2ccccc2)cc1OC. The van der Waals surface area contributed by atoms with Gasteiger partial charge in [-0.2, -0.15) is 5.10 Å². The largest absolute Gasteiger partial charge is 0.493 e. The second-order valence-corrected chi connectivity index (χ2v) is 7.87. The first-order valence-electron chi connectivity index (χ1n) is 10.9. The zero-order chi connectivity index (χ0) is 23.2. The summed E-state index contributed by atoms with van der Waals surface area (Å²) < 4.78 is 17.4. The molecule has 8 heteroatoms. The molecule has 1 aromatic heterocycles. The minimum Gasteiger partial charge on any atom is -0.493 e. The molecule has 0 bridgehead atoms. The molecular weight excluding hydrogens is 422 g/mol. The van der Waals surface area contributed by atoms with Crippen LogP contribution in [0, 0.1) is 0 Å². The fourth-order valence-corrected chi connectivity index (χ4v) is 3.51. The van der Waals surface area contributed by atoms with Crippen molar-refractivity contribution in [2.75, 3.05) is 26.1 Å². The number of rotatable bonds is 10. The van der Waals surface area contributed by atoms with Gasteiger partial charge in [-0.15, -0.1) is 0 Å². The number of carbonyl (C=O) groups is 2. The third-order valence-corrected chi connectivity index (χ3v) is 5.42. The monoisotopic (exact) mass is 449 g/mol. The molecule has 1 saturated carbocycles. The van der Waals surface area contributed by atoms with Gasteiger partial charge < -0.3 is 19.5 Å². The van der Waals surface area contributed by atoms with E-state index in [4.69, 9.17) is 14.2 Å². The van der Waals surface area contributed by atoms with E-state index in [0.717, 1.165) is 29.8 Å². The fraction of sp³-hybridized carbons (Fsp3) is 0.320. The van der Waals surface area contributed by atoms with Crippen LogP contribution in [0.5, 0.6) is 11.5 Å². The second-order valence-electron chi connectivity index (χ2n) is 7.87. The molecule has 3 aromatic rings. The van der Waals surface area contributed by atoms with Crippen molar-refractivity contribution >= 4 is 17.7 Å². The van der Waals surface area contributed by atoms with Crippen LogP contribution in [0.4, 0.5) is 5.82 Å². The highest BCUT2D eigenvalue weighted by molar-refractivity contribution is 5.92. The molecule has 1 aliphatic carbocycles. The third kappa shape index (κ3) is 5.71. The Bertz CT molecular complexity index is 1120. The second kappa shape index (κ2) is 10.2. The summed E-state index contributed by atoms with van der Waals surface area (Å²) in [4.78, 5) is 24.6. The average Bonchev–Trinajstić information content (AvgIpc) is 3.62. The van der Waals surface area contributed by atoms with Crippen molar-refractivity contribution < 1.29 is 23.8 Å². The highest BCUT2D eigenvalue weighted by atomic mass is 16.5. The molecule has 0 aliphatic heterocycles. The molecule has 1 fully saturated rings. The highest BCUT2D eigenvalue weighted by Gasteiger charge is 2.28. The summed E-state index contributed by atoms with van der Waals surface area (Å²) in [5, 5.41) is 7.48. The standard InChI is InChI=1S/C25H27N3O5/c1-31-21-12-8-17(14-22(21)32-2)9-13-25(30)33-16-24(29)26-23-15-20(18-10-11-18)27-28(23)19-6-4-3-5-7-19/h3-8,12,14-15,18H,9-11,13,16H2,1-2H3,(H,26,29). The zero-order valence-electron chi connectivity index (χ0n) is 18.7. The molecule has 1 amide bonds. The van der Waals surface area contributed by atoms with Crippen molar-refractivity contribution in [3.8, 4) is 17.2 Å². The molecule has 0 spiro atoms. The normalized spacial score (nSPS) is 12.8. The van der Waals surface area contributed by atoms with E-state index in [9.17, 15) is 9.59 Å². The molecule has 1 aliphatic rings. The van der Waals surface area contributed by atoms with E-state index in [0.29, 0.717) is 29.7 Å². The number of aromatic nitrogens is 2. The van der Waals surface area contributed by atoms with Crippen LogP contribution in [0.3, 0.4) is 0 Å². The summed E-state index contributed by atoms with van der Waals surface area (Å²) >= 11 is 0. The predicted octanol–water partition coefficient (Wildman–Crippen LogP) is 3.88. The van der Waals surface area contributed by atoms with Gasteiger partial charge in [-0.1, -0.05) is 24.3 Å². The Balaban J connectivity index is 1.31. The first-order valence-corrected chi connectivity index (χ1v) is 10.9. The number of aryl methyl sites for hydroxylation is 1. The molecule has 0 atom stereocenters. The van der Waals surface area contributed by atoms with Crippen LogP contribution in [-0.4, -0.2) is 42.5 Å². The van der Waals surface area contributed by atoms with E-state index in [1.807, 2.05) is 48.5 Å². The number of nitrogens with one attached hydrogen (secondary N) is 1. The van der Waals surface area contributed by atoms with Crippen molar-refractivity contribution in [3.63, 3.8) is 0 Å². The van der Waals surface area contributed by atoms with Crippen molar-refractivity contribution in [1.82, 2.24) is 9.78 Å². The molecular formula is C25H27N3O5. The van der Waals surface area contributed by atoms with Crippen LogP contribution in [0.15, 0.2) is 54.6 Å². The molecule has 1 N–H and O–H groups in total. The highest BCUT2D eigenvalue weighted by Crippen LogP contribution is 2.40. The molecule has 0 unspecified atom stereocenters. The number of esters is 1. The number of hydrogen-bond donors (Lipinski definition) is 1. The van der Waals surface area contributed by atoms with Gasteiger partial charge in [0.25, 0.3) is 5.91 Å². The lowest BCUT2D eigenvalue weighted by molar-refractivity contribution is -0.147. The molecule has 2 aromatic carbocycles. The number of para-hydroxylation sites is 1. The lowest BCUT2D eigenvalue weighted by Crippen LogP contribution is -2.22. The molecule has 172 valence electrons. The van der Waals surface area contributed by atoms with Gasteiger partial charge in [0.1, 0.15) is 5.82 Å². The van der Waals surface area contributed by atoms with Gasteiger partial charge in [0.15, 0.2) is 18.1 Å². The molecule has 8 nitrogen and oxygen atoms in total. The van der Waals surface area contributed by atoms with E-state index in [2.05, 4.69) is 10.4 Å². The Hall–Kier alpha value is -3.81. The van der Waals surface area contributed by atoms with Gasteiger partial charge in [-0.25, -0.2) is 4.68 Å². The van der Waals surface area contributed by atoms with Crippen LogP contribution >= 0.6 is 0 Å². The lowest BCUT2D eigenvalue weighted by atomic mass is 10.1. The summed E-state index contributed by atoms with van der Waals surface area (Å²) in [6.45, 7) is -0.358. The average molecular weight is 450 g/mol. The van der Waals surface area contributed by atoms with E-state index >= 15 is 0 Å². The van der Waals surface area contributed by atoms with Gasteiger partial charge in [0.2, 0.25) is 0 Å². The quantitative estimate of drug-likeness (QED) is 0.472. The number of hydrogen-bond acceptors (Lipinski definition) is 6. The van der Waals surface area contributed by atoms with Gasteiger partial charge in [0, 0.05) is 18.4 Å². The zero-order valence-corrected chi connectivity index (χ0v) is 18.7. The van der Waals surface area contributed by atoms with Crippen molar-refractivity contribution in [3.05, 3.63) is 65.9 Å². The Morgan fingerprint density at radius 1 is 1.03 bits per heavy atom. The number of carbonyl (C=O) groups excluding carboxylic acids is 2. The summed E-state index contributed by atoms with van der Waals surface area (Å²) in [7, 11) is 3.13. The topological polar surface area (TPSA) is 91.7 Å². The van der Waals surface area contributed by atoms with Crippen LogP contribution in [0.1, 0.15) is 36.4 Å². The molecule has 4 rings (SSSR count). The number of ether oxygens (including phenoxy) is 3. The van der Waals surface area contributed by atoms with Gasteiger partial charge in [-0.3, -0.25) is 9.59 Å². The maximum Gasteiger partial charge on any atom is 0.306 e. The predicted molar refractivity (Wildman–Crippen MR) is 123 cm³/mol. The Kier molecular flexibility index (Phi) is 6.92. The number of nitrogens with zero attached hydrogens (tertiary/aromatic N) is 2. The molecule has 0 saturated heterocycles.